The van der Waals surface area contributed by atoms with Crippen molar-refractivity contribution in [1.29, 1.82) is 0 Å². The van der Waals surface area contributed by atoms with Gasteiger partial charge in [-0.1, -0.05) is 30.3 Å². The second-order valence-electron chi connectivity index (χ2n) is 6.06. The fourth-order valence-corrected chi connectivity index (χ4v) is 3.22. The zero-order chi connectivity index (χ0) is 13.8. The number of β-amino-alcohol motifs (C(OH)–C–C–N with tert-alkyl or cyclic N) is 1. The first-order chi connectivity index (χ1) is 9.79. The first-order valence-corrected chi connectivity index (χ1v) is 7.70. The van der Waals surface area contributed by atoms with Gasteiger partial charge in [-0.25, -0.2) is 0 Å². The molecule has 0 spiro atoms. The Morgan fingerprint density at radius 3 is 2.40 bits per heavy atom. The molecule has 2 aliphatic heterocycles. The van der Waals surface area contributed by atoms with Crippen LogP contribution in [0.5, 0.6) is 0 Å². The number of piperazine rings is 1. The number of rotatable bonds is 4. The van der Waals surface area contributed by atoms with Crippen molar-refractivity contribution < 1.29 is 5.11 Å². The summed E-state index contributed by atoms with van der Waals surface area (Å²) >= 11 is 0. The molecule has 0 radical (unpaired) electrons. The lowest BCUT2D eigenvalue weighted by Crippen LogP contribution is -2.49. The van der Waals surface area contributed by atoms with E-state index in [2.05, 4.69) is 45.4 Å². The van der Waals surface area contributed by atoms with Gasteiger partial charge < -0.3 is 10.4 Å². The monoisotopic (exact) mass is 275 g/mol. The van der Waals surface area contributed by atoms with Crippen LogP contribution in [-0.2, 0) is 6.54 Å². The minimum Gasteiger partial charge on any atom is -0.392 e. The van der Waals surface area contributed by atoms with E-state index in [0.717, 1.165) is 52.2 Å². The van der Waals surface area contributed by atoms with Crippen molar-refractivity contribution in [3.63, 3.8) is 0 Å². The highest BCUT2D eigenvalue weighted by Crippen LogP contribution is 2.12. The van der Waals surface area contributed by atoms with E-state index in [9.17, 15) is 5.11 Å². The normalized spacial score (nSPS) is 28.9. The second-order valence-corrected chi connectivity index (χ2v) is 6.06. The van der Waals surface area contributed by atoms with Crippen LogP contribution in [0.3, 0.4) is 0 Å². The SMILES string of the molecule is OC1CNC(CN2CCN(Cc3ccccc3)CC2)C1. The molecule has 20 heavy (non-hydrogen) atoms. The number of aliphatic hydroxyl groups excluding tert-OH is 1. The number of hydrogen-bond acceptors (Lipinski definition) is 4. The summed E-state index contributed by atoms with van der Waals surface area (Å²) in [4.78, 5) is 5.06. The largest absolute Gasteiger partial charge is 0.392 e. The third-order valence-electron chi connectivity index (χ3n) is 4.39. The molecule has 2 saturated heterocycles. The molecule has 110 valence electrons. The number of hydrogen-bond donors (Lipinski definition) is 2. The number of nitrogens with zero attached hydrogens (tertiary/aromatic N) is 2. The highest BCUT2D eigenvalue weighted by molar-refractivity contribution is 5.14. The van der Waals surface area contributed by atoms with Gasteiger partial charge in [-0.15, -0.1) is 0 Å². The number of benzene rings is 1. The van der Waals surface area contributed by atoms with Crippen LogP contribution >= 0.6 is 0 Å². The van der Waals surface area contributed by atoms with Gasteiger partial charge in [-0.3, -0.25) is 9.80 Å². The summed E-state index contributed by atoms with van der Waals surface area (Å²) in [6.45, 7) is 7.47. The van der Waals surface area contributed by atoms with Gasteiger partial charge in [0.25, 0.3) is 0 Å². The lowest BCUT2D eigenvalue weighted by Gasteiger charge is -2.36. The molecule has 2 atom stereocenters. The number of aliphatic hydroxyl groups is 1. The van der Waals surface area contributed by atoms with Crippen LogP contribution < -0.4 is 5.32 Å². The van der Waals surface area contributed by atoms with E-state index in [-0.39, 0.29) is 6.10 Å². The Morgan fingerprint density at radius 1 is 1.05 bits per heavy atom. The smallest absolute Gasteiger partial charge is 0.0680 e. The average Bonchev–Trinajstić information content (AvgIpc) is 2.88. The van der Waals surface area contributed by atoms with E-state index in [1.807, 2.05) is 0 Å². The Labute approximate surface area is 121 Å². The average molecular weight is 275 g/mol. The Bertz CT molecular complexity index is 403. The van der Waals surface area contributed by atoms with Gasteiger partial charge >= 0.3 is 0 Å². The van der Waals surface area contributed by atoms with E-state index in [1.165, 1.54) is 5.56 Å². The van der Waals surface area contributed by atoms with Crippen molar-refractivity contribution in [3.8, 4) is 0 Å². The summed E-state index contributed by atoms with van der Waals surface area (Å²) in [5.41, 5.74) is 1.40. The predicted molar refractivity (Wildman–Crippen MR) is 80.6 cm³/mol. The Hall–Kier alpha value is -0.940. The fourth-order valence-electron chi connectivity index (χ4n) is 3.22. The summed E-state index contributed by atoms with van der Waals surface area (Å²) in [6.07, 6.45) is 0.768. The van der Waals surface area contributed by atoms with Gasteiger partial charge in [0.05, 0.1) is 6.10 Å². The molecule has 0 aromatic heterocycles. The molecule has 2 N–H and O–H groups in total. The van der Waals surface area contributed by atoms with Crippen molar-refractivity contribution in [1.82, 2.24) is 15.1 Å². The molecule has 4 heteroatoms. The standard InChI is InChI=1S/C16H25N3O/c20-16-10-15(17-11-16)13-19-8-6-18(7-9-19)12-14-4-2-1-3-5-14/h1-5,15-17,20H,6-13H2. The highest BCUT2D eigenvalue weighted by atomic mass is 16.3. The Morgan fingerprint density at radius 2 is 1.75 bits per heavy atom. The van der Waals surface area contributed by atoms with Crippen LogP contribution in [0.2, 0.25) is 0 Å². The molecule has 1 aromatic rings. The maximum Gasteiger partial charge on any atom is 0.0680 e. The van der Waals surface area contributed by atoms with Crippen LogP contribution in [0.1, 0.15) is 12.0 Å². The van der Waals surface area contributed by atoms with Crippen molar-refractivity contribution in [3.05, 3.63) is 35.9 Å². The van der Waals surface area contributed by atoms with Crippen molar-refractivity contribution in [2.75, 3.05) is 39.3 Å². The van der Waals surface area contributed by atoms with Crippen LogP contribution in [-0.4, -0.2) is 66.3 Å². The van der Waals surface area contributed by atoms with E-state index >= 15 is 0 Å². The molecule has 2 heterocycles. The zero-order valence-corrected chi connectivity index (χ0v) is 12.0. The van der Waals surface area contributed by atoms with Gasteiger partial charge in [0, 0.05) is 51.9 Å². The van der Waals surface area contributed by atoms with Gasteiger partial charge in [-0.2, -0.15) is 0 Å². The third-order valence-corrected chi connectivity index (χ3v) is 4.39. The van der Waals surface area contributed by atoms with Crippen molar-refractivity contribution >= 4 is 0 Å². The second kappa shape index (κ2) is 6.68. The highest BCUT2D eigenvalue weighted by Gasteiger charge is 2.25. The van der Waals surface area contributed by atoms with Gasteiger partial charge in [0.2, 0.25) is 0 Å². The van der Waals surface area contributed by atoms with Gasteiger partial charge in [0.1, 0.15) is 0 Å². The molecule has 2 aliphatic rings. The lowest BCUT2D eigenvalue weighted by atomic mass is 10.1. The molecule has 4 nitrogen and oxygen atoms in total. The molecule has 2 unspecified atom stereocenters. The fraction of sp³-hybridized carbons (Fsp3) is 0.625. The van der Waals surface area contributed by atoms with Crippen LogP contribution in [0.25, 0.3) is 0 Å². The predicted octanol–water partition coefficient (Wildman–Crippen LogP) is 0.527. The molecule has 2 fully saturated rings. The molecule has 0 bridgehead atoms. The molecule has 0 saturated carbocycles. The van der Waals surface area contributed by atoms with Crippen LogP contribution in [0.15, 0.2) is 30.3 Å². The Balaban J connectivity index is 1.41. The minimum absolute atomic E-state index is 0.139. The topological polar surface area (TPSA) is 38.7 Å². The molecule has 0 amide bonds. The van der Waals surface area contributed by atoms with E-state index in [0.29, 0.717) is 6.04 Å². The zero-order valence-electron chi connectivity index (χ0n) is 12.0. The summed E-state index contributed by atoms with van der Waals surface area (Å²) in [5.74, 6) is 0. The lowest BCUT2D eigenvalue weighted by molar-refractivity contribution is 0.117. The van der Waals surface area contributed by atoms with Crippen molar-refractivity contribution in [2.45, 2.75) is 25.1 Å². The summed E-state index contributed by atoms with van der Waals surface area (Å²) < 4.78 is 0. The molecule has 1 aromatic carbocycles. The maximum atomic E-state index is 9.55. The van der Waals surface area contributed by atoms with E-state index in [1.54, 1.807) is 0 Å². The molecular formula is C16H25N3O. The maximum absolute atomic E-state index is 9.55. The van der Waals surface area contributed by atoms with Crippen LogP contribution in [0, 0.1) is 0 Å². The van der Waals surface area contributed by atoms with Crippen molar-refractivity contribution in [2.24, 2.45) is 0 Å². The quantitative estimate of drug-likeness (QED) is 0.841. The molecule has 3 rings (SSSR count). The first-order valence-electron chi connectivity index (χ1n) is 7.70. The number of nitrogens with one attached hydrogen (secondary N) is 1. The van der Waals surface area contributed by atoms with Gasteiger partial charge in [0.15, 0.2) is 0 Å². The minimum atomic E-state index is -0.139. The third kappa shape index (κ3) is 3.79. The summed E-state index contributed by atoms with van der Waals surface area (Å²) in [7, 11) is 0. The van der Waals surface area contributed by atoms with E-state index < -0.39 is 0 Å². The van der Waals surface area contributed by atoms with Gasteiger partial charge in [-0.05, 0) is 12.0 Å². The Kier molecular flexibility index (Phi) is 4.68. The molecular weight excluding hydrogens is 250 g/mol. The van der Waals surface area contributed by atoms with Crippen LogP contribution in [0.4, 0.5) is 0 Å². The first kappa shape index (κ1) is 14.0. The summed E-state index contributed by atoms with van der Waals surface area (Å²) in [6, 6.07) is 11.2. The summed E-state index contributed by atoms with van der Waals surface area (Å²) in [5, 5.41) is 12.9. The van der Waals surface area contributed by atoms with E-state index in [4.69, 9.17) is 0 Å². The molecule has 0 aliphatic carbocycles.